The Kier molecular flexibility index (Phi) is 32.8. The smallest absolute Gasteiger partial charge is 0.408 e. The molecule has 16 heteroatoms. The van der Waals surface area contributed by atoms with Crippen molar-refractivity contribution in [3.05, 3.63) is 42.6 Å². The number of carbonyl (C=O) groups is 5. The summed E-state index contributed by atoms with van der Waals surface area (Å²) in [5, 5.41) is 19.5. The van der Waals surface area contributed by atoms with Crippen LogP contribution in [0.25, 0.3) is 10.9 Å². The minimum absolute atomic E-state index is 0.0369. The zero-order valence-electron chi connectivity index (χ0n) is 45.0. The van der Waals surface area contributed by atoms with Crippen molar-refractivity contribution < 1.29 is 42.9 Å². The van der Waals surface area contributed by atoms with Gasteiger partial charge in [0.15, 0.2) is 5.69 Å². The summed E-state index contributed by atoms with van der Waals surface area (Å²) in [7, 11) is 0. The Balaban J connectivity index is 1.57. The van der Waals surface area contributed by atoms with Crippen LogP contribution in [0.15, 0.2) is 36.9 Å². The maximum Gasteiger partial charge on any atom is 0.408 e. The number of aromatic nitrogens is 2. The lowest BCUT2D eigenvalue weighted by atomic mass is 9.86. The first-order chi connectivity index (χ1) is 34.1. The van der Waals surface area contributed by atoms with Crippen LogP contribution in [-0.2, 0) is 39.9 Å². The number of fused-ring (bicyclic) bond motifs is 1. The van der Waals surface area contributed by atoms with E-state index in [1.165, 1.54) is 83.5 Å². The minimum atomic E-state index is -0.907. The number of allylic oxidation sites excluding steroid dienone is 1. The maximum absolute atomic E-state index is 13.5. The van der Waals surface area contributed by atoms with Crippen LogP contribution in [0, 0.1) is 5.41 Å². The molecular weight excluding hydrogens is 903 g/mol. The number of alkyl carbamates (subject to hydrolysis) is 1. The Hall–Kier alpha value is -4.54. The lowest BCUT2D eigenvalue weighted by Gasteiger charge is -2.30. The Morgan fingerprint density at radius 2 is 1.17 bits per heavy atom. The molecule has 1 heterocycles. The topological polar surface area (TPSA) is 200 Å². The van der Waals surface area contributed by atoms with Gasteiger partial charge in [0, 0.05) is 38.0 Å². The molecule has 5 amide bonds. The van der Waals surface area contributed by atoms with Crippen molar-refractivity contribution in [2.75, 3.05) is 59.3 Å². The van der Waals surface area contributed by atoms with Crippen molar-refractivity contribution in [3.63, 3.8) is 0 Å². The zero-order chi connectivity index (χ0) is 52.2. The van der Waals surface area contributed by atoms with E-state index in [4.69, 9.17) is 18.9 Å². The number of carbonyl (C=O) groups excluding carboxylic acids is 5. The molecule has 0 aliphatic rings. The van der Waals surface area contributed by atoms with Crippen LogP contribution in [0.3, 0.4) is 0 Å². The Morgan fingerprint density at radius 3 is 1.72 bits per heavy atom. The second kappa shape index (κ2) is 37.2. The molecular formula is C55H95N7O9. The number of unbranched alkanes of at least 4 members (excludes halogenated alkanes) is 16. The third-order valence-corrected chi connectivity index (χ3v) is 11.9. The first-order valence-electron chi connectivity index (χ1n) is 27.0. The summed E-state index contributed by atoms with van der Waals surface area (Å²) in [5.41, 5.74) is -0.154. The summed E-state index contributed by atoms with van der Waals surface area (Å²) in [6, 6.07) is 5.87. The molecule has 1 aromatic heterocycles. The van der Waals surface area contributed by atoms with Crippen LogP contribution in [0.4, 0.5) is 4.79 Å². The molecule has 0 bridgehead atoms. The molecule has 0 radical (unpaired) electrons. The van der Waals surface area contributed by atoms with Gasteiger partial charge in [0.2, 0.25) is 17.7 Å². The van der Waals surface area contributed by atoms with E-state index in [0.29, 0.717) is 39.5 Å². The summed E-state index contributed by atoms with van der Waals surface area (Å²) in [6.07, 6.45) is 23.4. The van der Waals surface area contributed by atoms with Crippen molar-refractivity contribution in [2.24, 2.45) is 5.41 Å². The molecule has 71 heavy (non-hydrogen) atoms. The van der Waals surface area contributed by atoms with Gasteiger partial charge < -0.3 is 45.5 Å². The highest BCUT2D eigenvalue weighted by molar-refractivity contribution is 6.06. The van der Waals surface area contributed by atoms with Crippen LogP contribution in [0.2, 0.25) is 0 Å². The van der Waals surface area contributed by atoms with E-state index in [1.54, 1.807) is 20.8 Å². The SMILES string of the molecule is C=CCCCn1nc(C(=O)N[C@H](C(=O)NCCOCCOCCOCCNC(=O)CC[C@H](NC(=O)OC(C)(C)C)C(=O)NCCCCCCCCCCCCCCCCCC)C(C)(C)C)c2ccccc21. The number of nitrogens with zero attached hydrogens (tertiary/aromatic N) is 2. The van der Waals surface area contributed by atoms with Gasteiger partial charge in [0.25, 0.3) is 5.91 Å². The quantitative estimate of drug-likeness (QED) is 0.0316. The summed E-state index contributed by atoms with van der Waals surface area (Å²) < 4.78 is 24.0. The standard InChI is InChI=1S/C55H95N7O9/c1-9-11-13-14-15-16-17-18-19-20-21-22-23-24-25-28-34-57-50(64)45(59-53(67)71-55(6,7)8)32-33-47(63)56-35-38-68-40-42-70-43-41-69-39-36-58-52(66)49(54(3,4)5)60-51(65)48-44-30-26-27-31-46(44)62(61-48)37-29-12-10-2/h10,26-27,30-31,45,49H,2,9,11-25,28-29,32-43H2,1,3-8H3,(H,56,63)(H,57,64)(H,58,66)(H,59,67)(H,60,65)/t45-,49+/m0/s1. The molecule has 16 nitrogen and oxygen atoms in total. The van der Waals surface area contributed by atoms with Gasteiger partial charge in [-0.3, -0.25) is 23.9 Å². The number of ether oxygens (including phenoxy) is 4. The van der Waals surface area contributed by atoms with Crippen LogP contribution in [0.1, 0.15) is 187 Å². The molecule has 0 spiro atoms. The fourth-order valence-corrected chi connectivity index (χ4v) is 7.97. The van der Waals surface area contributed by atoms with Gasteiger partial charge in [-0.2, -0.15) is 5.10 Å². The van der Waals surface area contributed by atoms with Crippen molar-refractivity contribution >= 4 is 40.6 Å². The second-order valence-corrected chi connectivity index (χ2v) is 20.6. The van der Waals surface area contributed by atoms with Crippen LogP contribution in [0.5, 0.6) is 0 Å². The van der Waals surface area contributed by atoms with E-state index >= 15 is 0 Å². The number of hydrogen-bond acceptors (Lipinski definition) is 10. The Bertz CT molecular complexity index is 1810. The highest BCUT2D eigenvalue weighted by atomic mass is 16.6. The van der Waals surface area contributed by atoms with E-state index < -0.39 is 35.1 Å². The molecule has 2 atom stereocenters. The molecule has 0 fully saturated rings. The first kappa shape index (κ1) is 62.6. The number of aryl methyl sites for hydroxylation is 1. The third kappa shape index (κ3) is 29.5. The number of nitrogens with one attached hydrogen (secondary N) is 5. The average molecular weight is 998 g/mol. The summed E-state index contributed by atoms with van der Waals surface area (Å²) in [5.74, 6) is -1.31. The fraction of sp³-hybridized carbons (Fsp3) is 0.745. The summed E-state index contributed by atoms with van der Waals surface area (Å²) in [4.78, 5) is 65.1. The average Bonchev–Trinajstić information content (AvgIpc) is 3.69. The predicted octanol–water partition coefficient (Wildman–Crippen LogP) is 9.48. The second-order valence-electron chi connectivity index (χ2n) is 20.6. The highest BCUT2D eigenvalue weighted by Gasteiger charge is 2.34. The Morgan fingerprint density at radius 1 is 0.648 bits per heavy atom. The van der Waals surface area contributed by atoms with E-state index in [-0.39, 0.29) is 62.6 Å². The molecule has 0 aliphatic carbocycles. The van der Waals surface area contributed by atoms with Crippen molar-refractivity contribution in [2.45, 2.75) is 201 Å². The van der Waals surface area contributed by atoms with E-state index in [2.05, 4.69) is 45.2 Å². The fourth-order valence-electron chi connectivity index (χ4n) is 7.97. The van der Waals surface area contributed by atoms with Crippen LogP contribution < -0.4 is 26.6 Å². The van der Waals surface area contributed by atoms with Crippen molar-refractivity contribution in [1.82, 2.24) is 36.4 Å². The number of hydrogen-bond donors (Lipinski definition) is 5. The lowest BCUT2D eigenvalue weighted by Crippen LogP contribution is -2.54. The molecule has 0 unspecified atom stereocenters. The van der Waals surface area contributed by atoms with Gasteiger partial charge in [-0.05, 0) is 57.9 Å². The van der Waals surface area contributed by atoms with Gasteiger partial charge in [-0.25, -0.2) is 4.79 Å². The monoisotopic (exact) mass is 998 g/mol. The lowest BCUT2D eigenvalue weighted by molar-refractivity contribution is -0.126. The zero-order valence-corrected chi connectivity index (χ0v) is 45.0. The highest BCUT2D eigenvalue weighted by Crippen LogP contribution is 2.23. The molecule has 404 valence electrons. The molecule has 0 saturated carbocycles. The van der Waals surface area contributed by atoms with E-state index in [9.17, 15) is 24.0 Å². The number of benzene rings is 1. The number of amides is 5. The molecule has 0 aliphatic heterocycles. The van der Waals surface area contributed by atoms with Crippen LogP contribution in [-0.4, -0.2) is 116 Å². The predicted molar refractivity (Wildman–Crippen MR) is 283 cm³/mol. The maximum atomic E-state index is 13.5. The summed E-state index contributed by atoms with van der Waals surface area (Å²) in [6.45, 7) is 20.5. The number of para-hydroxylation sites is 1. The van der Waals surface area contributed by atoms with Gasteiger partial charge in [-0.15, -0.1) is 6.58 Å². The normalized spacial score (nSPS) is 12.5. The van der Waals surface area contributed by atoms with Gasteiger partial charge in [-0.1, -0.05) is 148 Å². The van der Waals surface area contributed by atoms with Gasteiger partial charge in [0.1, 0.15) is 17.7 Å². The molecule has 5 N–H and O–H groups in total. The largest absolute Gasteiger partial charge is 0.444 e. The molecule has 2 rings (SSSR count). The van der Waals surface area contributed by atoms with E-state index in [1.807, 2.05) is 55.8 Å². The Labute approximate surface area is 427 Å². The third-order valence-electron chi connectivity index (χ3n) is 11.9. The minimum Gasteiger partial charge on any atom is -0.444 e. The first-order valence-corrected chi connectivity index (χ1v) is 27.0. The molecule has 1 aromatic carbocycles. The van der Waals surface area contributed by atoms with Gasteiger partial charge in [0.05, 0.1) is 45.2 Å². The van der Waals surface area contributed by atoms with E-state index in [0.717, 1.165) is 43.0 Å². The number of rotatable bonds is 41. The van der Waals surface area contributed by atoms with Crippen molar-refractivity contribution in [3.8, 4) is 0 Å². The summed E-state index contributed by atoms with van der Waals surface area (Å²) >= 11 is 0. The molecule has 0 saturated heterocycles. The van der Waals surface area contributed by atoms with Crippen LogP contribution >= 0.6 is 0 Å². The van der Waals surface area contributed by atoms with Gasteiger partial charge >= 0.3 is 6.09 Å². The molecule has 2 aromatic rings. The van der Waals surface area contributed by atoms with Crippen molar-refractivity contribution in [1.29, 1.82) is 0 Å².